The van der Waals surface area contributed by atoms with Crippen molar-refractivity contribution in [2.45, 2.75) is 6.18 Å². The standard InChI is InChI=1S/C17H10F3N3O3/c18-17(19,20)11-6-7-14(23(25)26)12(9-11)16(24)22-13-5-1-3-10-4-2-8-21-15(10)13/h1-9H,(H,22,24). The Morgan fingerprint density at radius 2 is 1.85 bits per heavy atom. The van der Waals surface area contributed by atoms with Gasteiger partial charge in [-0.25, -0.2) is 0 Å². The molecule has 0 bridgehead atoms. The Hall–Kier alpha value is -3.49. The van der Waals surface area contributed by atoms with E-state index in [1.165, 1.54) is 12.3 Å². The number of amides is 1. The van der Waals surface area contributed by atoms with Crippen LogP contribution >= 0.6 is 0 Å². The molecule has 0 spiro atoms. The zero-order valence-corrected chi connectivity index (χ0v) is 12.9. The number of carbonyl (C=O) groups excluding carboxylic acids is 1. The third-order valence-corrected chi connectivity index (χ3v) is 3.65. The highest BCUT2D eigenvalue weighted by molar-refractivity contribution is 6.10. The van der Waals surface area contributed by atoms with Crippen molar-refractivity contribution >= 4 is 28.2 Å². The molecule has 0 fully saturated rings. The van der Waals surface area contributed by atoms with E-state index in [1.54, 1.807) is 24.3 Å². The predicted molar refractivity (Wildman–Crippen MR) is 87.8 cm³/mol. The number of hydrogen-bond acceptors (Lipinski definition) is 4. The van der Waals surface area contributed by atoms with E-state index in [-0.39, 0.29) is 5.69 Å². The molecule has 1 amide bonds. The molecule has 0 saturated heterocycles. The first-order valence-electron chi connectivity index (χ1n) is 7.28. The summed E-state index contributed by atoms with van der Waals surface area (Å²) in [4.78, 5) is 26.7. The number of nitrogens with one attached hydrogen (secondary N) is 1. The number of nitro groups is 1. The van der Waals surface area contributed by atoms with Gasteiger partial charge in [-0.3, -0.25) is 19.9 Å². The average molecular weight is 361 g/mol. The van der Waals surface area contributed by atoms with Gasteiger partial charge < -0.3 is 5.32 Å². The molecule has 1 aromatic heterocycles. The Morgan fingerprint density at radius 1 is 1.12 bits per heavy atom. The molecule has 132 valence electrons. The van der Waals surface area contributed by atoms with Crippen molar-refractivity contribution in [1.82, 2.24) is 4.98 Å². The molecule has 0 aliphatic heterocycles. The molecule has 0 aliphatic carbocycles. The molecule has 3 aromatic rings. The highest BCUT2D eigenvalue weighted by Crippen LogP contribution is 2.33. The Labute approximate surface area is 144 Å². The molecule has 3 rings (SSSR count). The Balaban J connectivity index is 2.05. The normalized spacial score (nSPS) is 11.3. The van der Waals surface area contributed by atoms with Crippen LogP contribution in [0.2, 0.25) is 0 Å². The summed E-state index contributed by atoms with van der Waals surface area (Å²) >= 11 is 0. The largest absolute Gasteiger partial charge is 0.416 e. The van der Waals surface area contributed by atoms with Gasteiger partial charge in [0, 0.05) is 17.6 Å². The van der Waals surface area contributed by atoms with Gasteiger partial charge in [0.05, 0.1) is 21.7 Å². The summed E-state index contributed by atoms with van der Waals surface area (Å²) in [5, 5.41) is 14.2. The quantitative estimate of drug-likeness (QED) is 0.553. The van der Waals surface area contributed by atoms with Crippen molar-refractivity contribution in [2.75, 3.05) is 5.32 Å². The van der Waals surface area contributed by atoms with E-state index >= 15 is 0 Å². The average Bonchev–Trinajstić information content (AvgIpc) is 2.60. The van der Waals surface area contributed by atoms with Crippen LogP contribution in [0.4, 0.5) is 24.5 Å². The van der Waals surface area contributed by atoms with Gasteiger partial charge in [0.25, 0.3) is 11.6 Å². The third-order valence-electron chi connectivity index (χ3n) is 3.65. The maximum atomic E-state index is 12.9. The van der Waals surface area contributed by atoms with Crippen LogP contribution in [-0.4, -0.2) is 15.8 Å². The number of nitro benzene ring substituents is 1. The number of hydrogen-bond donors (Lipinski definition) is 1. The number of rotatable bonds is 3. The number of anilines is 1. The summed E-state index contributed by atoms with van der Waals surface area (Å²) in [5.74, 6) is -1.03. The van der Waals surface area contributed by atoms with Crippen molar-refractivity contribution in [3.8, 4) is 0 Å². The number of carbonyl (C=O) groups is 1. The first-order chi connectivity index (χ1) is 12.3. The van der Waals surface area contributed by atoms with E-state index in [2.05, 4.69) is 10.3 Å². The molecule has 0 radical (unpaired) electrons. The topological polar surface area (TPSA) is 85.1 Å². The Morgan fingerprint density at radius 3 is 2.54 bits per heavy atom. The van der Waals surface area contributed by atoms with E-state index in [0.29, 0.717) is 29.1 Å². The van der Waals surface area contributed by atoms with Crippen molar-refractivity contribution < 1.29 is 22.9 Å². The summed E-state index contributed by atoms with van der Waals surface area (Å²) in [6, 6.07) is 9.99. The summed E-state index contributed by atoms with van der Waals surface area (Å²) in [6.45, 7) is 0. The van der Waals surface area contributed by atoms with Crippen LogP contribution < -0.4 is 5.32 Å². The summed E-state index contributed by atoms with van der Waals surface area (Å²) in [6.07, 6.45) is -3.24. The summed E-state index contributed by atoms with van der Waals surface area (Å²) in [7, 11) is 0. The number of halogens is 3. The second-order valence-electron chi connectivity index (χ2n) is 5.32. The molecule has 6 nitrogen and oxygen atoms in total. The lowest BCUT2D eigenvalue weighted by molar-refractivity contribution is -0.385. The van der Waals surface area contributed by atoms with Crippen LogP contribution in [0.25, 0.3) is 10.9 Å². The van der Waals surface area contributed by atoms with E-state index in [9.17, 15) is 28.1 Å². The fourth-order valence-electron chi connectivity index (χ4n) is 2.45. The monoisotopic (exact) mass is 361 g/mol. The molecule has 0 saturated carbocycles. The first-order valence-corrected chi connectivity index (χ1v) is 7.28. The highest BCUT2D eigenvalue weighted by atomic mass is 19.4. The van der Waals surface area contributed by atoms with Crippen molar-refractivity contribution in [3.63, 3.8) is 0 Å². The summed E-state index contributed by atoms with van der Waals surface area (Å²) in [5.41, 5.74) is -1.90. The Kier molecular flexibility index (Phi) is 4.29. The maximum Gasteiger partial charge on any atom is 0.416 e. The van der Waals surface area contributed by atoms with Crippen molar-refractivity contribution in [2.24, 2.45) is 0 Å². The van der Waals surface area contributed by atoms with Crippen LogP contribution in [0.1, 0.15) is 15.9 Å². The predicted octanol–water partition coefficient (Wildman–Crippen LogP) is 4.41. The van der Waals surface area contributed by atoms with E-state index in [4.69, 9.17) is 0 Å². The van der Waals surface area contributed by atoms with Gasteiger partial charge in [-0.2, -0.15) is 13.2 Å². The third kappa shape index (κ3) is 3.32. The first kappa shape index (κ1) is 17.3. The fourth-order valence-corrected chi connectivity index (χ4v) is 2.45. The lowest BCUT2D eigenvalue weighted by Gasteiger charge is -2.11. The summed E-state index contributed by atoms with van der Waals surface area (Å²) < 4.78 is 38.7. The number of benzene rings is 2. The van der Waals surface area contributed by atoms with Crippen LogP contribution in [0, 0.1) is 10.1 Å². The minimum Gasteiger partial charge on any atom is -0.320 e. The zero-order valence-electron chi connectivity index (χ0n) is 12.9. The van der Waals surface area contributed by atoms with Crippen LogP contribution in [0.3, 0.4) is 0 Å². The van der Waals surface area contributed by atoms with Crippen LogP contribution in [0.15, 0.2) is 54.7 Å². The van der Waals surface area contributed by atoms with Gasteiger partial charge in [-0.1, -0.05) is 18.2 Å². The van der Waals surface area contributed by atoms with Gasteiger partial charge in [-0.15, -0.1) is 0 Å². The maximum absolute atomic E-state index is 12.9. The van der Waals surface area contributed by atoms with Gasteiger partial charge >= 0.3 is 6.18 Å². The Bertz CT molecular complexity index is 1010. The molecular weight excluding hydrogens is 351 g/mol. The second kappa shape index (κ2) is 6.43. The molecule has 0 atom stereocenters. The molecule has 9 heteroatoms. The number of pyridine rings is 1. The lowest BCUT2D eigenvalue weighted by Crippen LogP contribution is -2.16. The molecule has 2 aromatic carbocycles. The number of fused-ring (bicyclic) bond motifs is 1. The van der Waals surface area contributed by atoms with E-state index < -0.39 is 33.8 Å². The van der Waals surface area contributed by atoms with Gasteiger partial charge in [0.1, 0.15) is 5.56 Å². The van der Waals surface area contributed by atoms with Crippen LogP contribution in [-0.2, 0) is 6.18 Å². The number of para-hydroxylation sites is 1. The zero-order chi connectivity index (χ0) is 18.9. The minimum atomic E-state index is -4.73. The van der Waals surface area contributed by atoms with E-state index in [0.717, 1.165) is 0 Å². The number of nitrogens with zero attached hydrogens (tertiary/aromatic N) is 2. The fraction of sp³-hybridized carbons (Fsp3) is 0.0588. The molecule has 0 unspecified atom stereocenters. The molecule has 1 heterocycles. The van der Waals surface area contributed by atoms with E-state index in [1.807, 2.05) is 0 Å². The SMILES string of the molecule is O=C(Nc1cccc2cccnc12)c1cc(C(F)(F)F)ccc1[N+](=O)[O-]. The van der Waals surface area contributed by atoms with Crippen LogP contribution in [0.5, 0.6) is 0 Å². The number of alkyl halides is 3. The molecule has 26 heavy (non-hydrogen) atoms. The molecular formula is C17H10F3N3O3. The number of aromatic nitrogens is 1. The minimum absolute atomic E-state index is 0.236. The highest BCUT2D eigenvalue weighted by Gasteiger charge is 2.33. The second-order valence-corrected chi connectivity index (χ2v) is 5.32. The smallest absolute Gasteiger partial charge is 0.320 e. The molecule has 0 aliphatic rings. The van der Waals surface area contributed by atoms with Crippen molar-refractivity contribution in [3.05, 3.63) is 76.0 Å². The van der Waals surface area contributed by atoms with Crippen molar-refractivity contribution in [1.29, 1.82) is 0 Å². The lowest BCUT2D eigenvalue weighted by atomic mass is 10.1. The van der Waals surface area contributed by atoms with Gasteiger partial charge in [-0.05, 0) is 24.3 Å². The molecule has 1 N–H and O–H groups in total. The van der Waals surface area contributed by atoms with Gasteiger partial charge in [0.2, 0.25) is 0 Å². The van der Waals surface area contributed by atoms with Gasteiger partial charge in [0.15, 0.2) is 0 Å².